The molecule has 0 aliphatic heterocycles. The zero-order valence-electron chi connectivity index (χ0n) is 12.1. The molecule has 4 bridgehead atoms. The predicted octanol–water partition coefficient (Wildman–Crippen LogP) is 4.37. The molecule has 0 aromatic rings. The van der Waals surface area contributed by atoms with Crippen molar-refractivity contribution in [3.05, 3.63) is 12.2 Å². The first-order valence-electron chi connectivity index (χ1n) is 7.15. The van der Waals surface area contributed by atoms with E-state index in [1.807, 2.05) is 0 Å². The van der Waals surface area contributed by atoms with Gasteiger partial charge in [-0.1, -0.05) is 36.4 Å². The van der Waals surface area contributed by atoms with Crippen LogP contribution in [0.15, 0.2) is 12.2 Å². The summed E-state index contributed by atoms with van der Waals surface area (Å²) in [5.74, 6) is -0.217. The maximum Gasteiger partial charge on any atom is 0.333 e. The Morgan fingerprint density at radius 2 is 1.58 bits per heavy atom. The SMILES string of the molecule is C=C(C)C(=O)OC12CC3(C)CC(C)(CC(Br)(C3)C1)C2. The summed E-state index contributed by atoms with van der Waals surface area (Å²) in [6.07, 6.45) is 6.68. The lowest BCUT2D eigenvalue weighted by Gasteiger charge is -2.67. The number of carbonyl (C=O) groups excluding carboxylic acids is 1. The second kappa shape index (κ2) is 3.66. The second-order valence-corrected chi connectivity index (χ2v) is 9.87. The topological polar surface area (TPSA) is 26.3 Å². The third-order valence-corrected chi connectivity index (χ3v) is 5.98. The quantitative estimate of drug-likeness (QED) is 0.428. The molecule has 4 aliphatic rings. The average Bonchev–Trinajstić information content (AvgIpc) is 2.07. The van der Waals surface area contributed by atoms with Crippen molar-refractivity contribution >= 4 is 21.9 Å². The summed E-state index contributed by atoms with van der Waals surface area (Å²) in [5, 5.41) is 0. The van der Waals surface area contributed by atoms with Crippen molar-refractivity contribution in [2.45, 2.75) is 69.2 Å². The number of halogens is 1. The van der Waals surface area contributed by atoms with Gasteiger partial charge < -0.3 is 4.74 Å². The van der Waals surface area contributed by atoms with E-state index in [1.54, 1.807) is 6.92 Å². The van der Waals surface area contributed by atoms with Crippen LogP contribution >= 0.6 is 15.9 Å². The third-order valence-electron chi connectivity index (χ3n) is 5.14. The molecular formula is C16H23BrO2. The minimum Gasteiger partial charge on any atom is -0.456 e. The van der Waals surface area contributed by atoms with E-state index in [2.05, 4.69) is 36.4 Å². The van der Waals surface area contributed by atoms with Gasteiger partial charge in [0.05, 0.1) is 0 Å². The number of hydrogen-bond donors (Lipinski definition) is 0. The highest BCUT2D eigenvalue weighted by molar-refractivity contribution is 9.10. The van der Waals surface area contributed by atoms with E-state index >= 15 is 0 Å². The van der Waals surface area contributed by atoms with E-state index in [0.717, 1.165) is 19.3 Å². The molecule has 0 radical (unpaired) electrons. The molecule has 19 heavy (non-hydrogen) atoms. The minimum absolute atomic E-state index is 0.167. The first kappa shape index (κ1) is 13.7. The van der Waals surface area contributed by atoms with Crippen molar-refractivity contribution in [2.75, 3.05) is 0 Å². The van der Waals surface area contributed by atoms with Gasteiger partial charge in [-0.3, -0.25) is 0 Å². The van der Waals surface area contributed by atoms with E-state index in [0.29, 0.717) is 16.4 Å². The Labute approximate surface area is 124 Å². The summed E-state index contributed by atoms with van der Waals surface area (Å²) >= 11 is 3.98. The van der Waals surface area contributed by atoms with Crippen molar-refractivity contribution in [1.82, 2.24) is 0 Å². The van der Waals surface area contributed by atoms with Crippen LogP contribution in [0.1, 0.15) is 59.3 Å². The van der Waals surface area contributed by atoms with Crippen molar-refractivity contribution in [2.24, 2.45) is 10.8 Å². The smallest absolute Gasteiger partial charge is 0.333 e. The molecule has 4 saturated carbocycles. The molecule has 4 aliphatic carbocycles. The van der Waals surface area contributed by atoms with Crippen LogP contribution in [0.3, 0.4) is 0 Å². The van der Waals surface area contributed by atoms with Gasteiger partial charge >= 0.3 is 5.97 Å². The van der Waals surface area contributed by atoms with Gasteiger partial charge in [0.2, 0.25) is 0 Å². The Morgan fingerprint density at radius 3 is 2.00 bits per heavy atom. The molecule has 4 fully saturated rings. The van der Waals surface area contributed by atoms with Crippen LogP contribution in [0.2, 0.25) is 0 Å². The largest absolute Gasteiger partial charge is 0.456 e. The van der Waals surface area contributed by atoms with E-state index < -0.39 is 0 Å². The van der Waals surface area contributed by atoms with Crippen LogP contribution in [0.25, 0.3) is 0 Å². The standard InChI is InChI=1S/C16H23BrO2/c1-11(2)12(18)19-16-8-13(3)5-14(4,9-16)7-15(17,6-13)10-16/h1,5-10H2,2-4H3. The van der Waals surface area contributed by atoms with Gasteiger partial charge in [-0.15, -0.1) is 0 Å². The molecule has 2 unspecified atom stereocenters. The Morgan fingerprint density at radius 1 is 1.05 bits per heavy atom. The number of alkyl halides is 1. The van der Waals surface area contributed by atoms with Gasteiger partial charge in [0, 0.05) is 16.3 Å². The fraction of sp³-hybridized carbons (Fsp3) is 0.812. The van der Waals surface area contributed by atoms with Crippen LogP contribution in [0.5, 0.6) is 0 Å². The highest BCUT2D eigenvalue weighted by Gasteiger charge is 2.66. The van der Waals surface area contributed by atoms with E-state index in [4.69, 9.17) is 4.74 Å². The molecule has 0 amide bonds. The Bertz CT molecular complexity index is 414. The zero-order valence-corrected chi connectivity index (χ0v) is 13.7. The lowest BCUT2D eigenvalue weighted by Crippen LogP contribution is -2.64. The summed E-state index contributed by atoms with van der Waals surface area (Å²) in [7, 11) is 0. The molecule has 2 nitrogen and oxygen atoms in total. The molecule has 0 heterocycles. The summed E-state index contributed by atoms with van der Waals surface area (Å²) in [6.45, 7) is 10.2. The number of rotatable bonds is 2. The molecule has 0 aromatic carbocycles. The molecule has 0 spiro atoms. The molecule has 0 saturated heterocycles. The number of ether oxygens (including phenoxy) is 1. The lowest BCUT2D eigenvalue weighted by molar-refractivity contribution is -0.205. The second-order valence-electron chi connectivity index (χ2n) is 8.19. The van der Waals surface area contributed by atoms with Gasteiger partial charge in [-0.25, -0.2) is 4.79 Å². The Kier molecular flexibility index (Phi) is 2.63. The van der Waals surface area contributed by atoms with Crippen LogP contribution < -0.4 is 0 Å². The molecule has 4 rings (SSSR count). The van der Waals surface area contributed by atoms with Crippen molar-refractivity contribution in [1.29, 1.82) is 0 Å². The van der Waals surface area contributed by atoms with Crippen LogP contribution in [0, 0.1) is 10.8 Å². The fourth-order valence-electron chi connectivity index (χ4n) is 5.84. The van der Waals surface area contributed by atoms with Crippen LogP contribution in [0.4, 0.5) is 0 Å². The van der Waals surface area contributed by atoms with Crippen molar-refractivity contribution in [3.8, 4) is 0 Å². The van der Waals surface area contributed by atoms with Crippen molar-refractivity contribution < 1.29 is 9.53 Å². The van der Waals surface area contributed by atoms with E-state index in [-0.39, 0.29) is 15.9 Å². The van der Waals surface area contributed by atoms with Crippen molar-refractivity contribution in [3.63, 3.8) is 0 Å². The molecule has 3 heteroatoms. The fourth-order valence-corrected chi connectivity index (χ4v) is 7.70. The normalized spacial score (nSPS) is 51.2. The monoisotopic (exact) mass is 326 g/mol. The number of carbonyl (C=O) groups is 1. The first-order chi connectivity index (χ1) is 8.57. The van der Waals surface area contributed by atoms with Crippen LogP contribution in [-0.2, 0) is 9.53 Å². The third kappa shape index (κ3) is 2.18. The van der Waals surface area contributed by atoms with Gasteiger partial charge in [0.25, 0.3) is 0 Å². The summed E-state index contributed by atoms with van der Waals surface area (Å²) in [5.41, 5.74) is 0.859. The minimum atomic E-state index is -0.266. The highest BCUT2D eigenvalue weighted by Crippen LogP contribution is 2.70. The summed E-state index contributed by atoms with van der Waals surface area (Å²) < 4.78 is 6.11. The van der Waals surface area contributed by atoms with E-state index in [9.17, 15) is 4.79 Å². The van der Waals surface area contributed by atoms with Gasteiger partial charge in [-0.05, 0) is 49.9 Å². The molecule has 0 N–H and O–H groups in total. The summed E-state index contributed by atoms with van der Waals surface area (Å²) in [4.78, 5) is 12.0. The van der Waals surface area contributed by atoms with E-state index in [1.165, 1.54) is 19.3 Å². The summed E-state index contributed by atoms with van der Waals surface area (Å²) in [6, 6.07) is 0. The molecule has 0 aromatic heterocycles. The van der Waals surface area contributed by atoms with Gasteiger partial charge in [0.1, 0.15) is 5.60 Å². The van der Waals surface area contributed by atoms with Gasteiger partial charge in [0.15, 0.2) is 0 Å². The molecule has 106 valence electrons. The maximum atomic E-state index is 12.0. The van der Waals surface area contributed by atoms with Crippen LogP contribution in [-0.4, -0.2) is 15.9 Å². The number of esters is 1. The highest BCUT2D eigenvalue weighted by atomic mass is 79.9. The molecule has 2 atom stereocenters. The molecular weight excluding hydrogens is 304 g/mol. The maximum absolute atomic E-state index is 12.0. The zero-order chi connectivity index (χ0) is 14.1. The Hall–Kier alpha value is -0.310. The first-order valence-corrected chi connectivity index (χ1v) is 7.94. The number of hydrogen-bond acceptors (Lipinski definition) is 2. The lowest BCUT2D eigenvalue weighted by atomic mass is 9.43. The average molecular weight is 327 g/mol. The Balaban J connectivity index is 1.95. The van der Waals surface area contributed by atoms with Gasteiger partial charge in [-0.2, -0.15) is 0 Å². The predicted molar refractivity (Wildman–Crippen MR) is 79.2 cm³/mol.